The van der Waals surface area contributed by atoms with Crippen LogP contribution in [0.25, 0.3) is 0 Å². The summed E-state index contributed by atoms with van der Waals surface area (Å²) in [4.78, 5) is 0. The molecule has 0 spiro atoms. The lowest BCUT2D eigenvalue weighted by atomic mass is 9.47. The molecule has 22 heavy (non-hydrogen) atoms. The van der Waals surface area contributed by atoms with Crippen LogP contribution in [-0.4, -0.2) is 34.1 Å². The van der Waals surface area contributed by atoms with Crippen LogP contribution in [0, 0.1) is 28.6 Å². The third kappa shape index (κ3) is 1.85. The van der Waals surface area contributed by atoms with E-state index >= 15 is 0 Å². The van der Waals surface area contributed by atoms with Gasteiger partial charge in [0.05, 0.1) is 18.8 Å². The first-order valence-corrected chi connectivity index (χ1v) is 9.18. The fourth-order valence-electron chi connectivity index (χ4n) is 6.70. The maximum atomic E-state index is 10.5. The Bertz CT molecular complexity index is 487. The second kappa shape index (κ2) is 5.06. The summed E-state index contributed by atoms with van der Waals surface area (Å²) in [7, 11) is 0. The van der Waals surface area contributed by atoms with Gasteiger partial charge in [-0.2, -0.15) is 0 Å². The lowest BCUT2D eigenvalue weighted by molar-refractivity contribution is -0.0889. The average Bonchev–Trinajstić information content (AvgIpc) is 2.82. The molecule has 0 aromatic rings. The van der Waals surface area contributed by atoms with E-state index in [0.717, 1.165) is 51.4 Å². The first-order chi connectivity index (χ1) is 10.5. The first-order valence-electron chi connectivity index (χ1n) is 9.18. The third-order valence-corrected chi connectivity index (χ3v) is 8.03. The summed E-state index contributed by atoms with van der Waals surface area (Å²) in [6.07, 6.45) is 9.91. The normalized spacial score (nSPS) is 54.2. The Balaban J connectivity index is 1.70. The van der Waals surface area contributed by atoms with Crippen molar-refractivity contribution in [3.63, 3.8) is 0 Å². The van der Waals surface area contributed by atoms with Crippen LogP contribution in [0.4, 0.5) is 0 Å². The molecule has 0 bridgehead atoms. The molecule has 4 aliphatic rings. The van der Waals surface area contributed by atoms with Gasteiger partial charge in [0.15, 0.2) is 0 Å². The first kappa shape index (κ1) is 15.2. The van der Waals surface area contributed by atoms with Gasteiger partial charge in [-0.3, -0.25) is 0 Å². The van der Waals surface area contributed by atoms with E-state index in [1.165, 1.54) is 5.57 Å². The van der Waals surface area contributed by atoms with Crippen molar-refractivity contribution in [2.24, 2.45) is 28.6 Å². The number of rotatable bonds is 1. The fraction of sp³-hybridized carbons (Fsp3) is 0.895. The summed E-state index contributed by atoms with van der Waals surface area (Å²) in [5.41, 5.74) is 1.35. The second-order valence-corrected chi connectivity index (χ2v) is 8.69. The molecule has 0 radical (unpaired) electrons. The van der Waals surface area contributed by atoms with Crippen molar-refractivity contribution in [2.75, 3.05) is 6.61 Å². The molecule has 3 nitrogen and oxygen atoms in total. The molecule has 3 saturated carbocycles. The Labute approximate surface area is 133 Å². The van der Waals surface area contributed by atoms with Crippen LogP contribution in [0.2, 0.25) is 0 Å². The Morgan fingerprint density at radius 1 is 1.09 bits per heavy atom. The Kier molecular flexibility index (Phi) is 3.49. The highest BCUT2D eigenvalue weighted by molar-refractivity contribution is 5.26. The van der Waals surface area contributed by atoms with Crippen LogP contribution in [0.3, 0.4) is 0 Å². The summed E-state index contributed by atoms with van der Waals surface area (Å²) in [5, 5.41) is 30.8. The monoisotopic (exact) mass is 306 g/mol. The topological polar surface area (TPSA) is 60.7 Å². The number of hydrogen-bond acceptors (Lipinski definition) is 3. The van der Waals surface area contributed by atoms with Crippen LogP contribution in [-0.2, 0) is 0 Å². The Hall–Kier alpha value is -0.380. The van der Waals surface area contributed by atoms with E-state index < -0.39 is 0 Å². The smallest absolute Gasteiger partial charge is 0.0596 e. The van der Waals surface area contributed by atoms with E-state index in [4.69, 9.17) is 0 Å². The van der Waals surface area contributed by atoms with Crippen molar-refractivity contribution in [1.29, 1.82) is 0 Å². The lowest BCUT2D eigenvalue weighted by Crippen LogP contribution is -2.53. The molecule has 124 valence electrons. The molecule has 0 aliphatic heterocycles. The van der Waals surface area contributed by atoms with E-state index in [9.17, 15) is 15.3 Å². The Morgan fingerprint density at radius 3 is 2.68 bits per heavy atom. The highest BCUT2D eigenvalue weighted by Crippen LogP contribution is 2.64. The molecule has 0 aromatic carbocycles. The number of aliphatic hydroxyl groups is 3. The van der Waals surface area contributed by atoms with Gasteiger partial charge in [-0.05, 0) is 74.5 Å². The summed E-state index contributed by atoms with van der Waals surface area (Å²) < 4.78 is 0. The summed E-state index contributed by atoms with van der Waals surface area (Å²) in [5.74, 6) is 1.77. The number of allylic oxidation sites excluding steroid dienone is 1. The molecule has 3 heteroatoms. The molecular formula is C19H30O3. The van der Waals surface area contributed by atoms with Crippen molar-refractivity contribution in [3.8, 4) is 0 Å². The van der Waals surface area contributed by atoms with Crippen molar-refractivity contribution < 1.29 is 15.3 Å². The van der Waals surface area contributed by atoms with E-state index in [1.54, 1.807) is 0 Å². The van der Waals surface area contributed by atoms with E-state index in [0.29, 0.717) is 17.8 Å². The van der Waals surface area contributed by atoms with Gasteiger partial charge in [-0.1, -0.05) is 18.6 Å². The van der Waals surface area contributed by atoms with Gasteiger partial charge >= 0.3 is 0 Å². The predicted octanol–water partition coefficient (Wildman–Crippen LogP) is 2.64. The molecule has 4 aliphatic carbocycles. The lowest BCUT2D eigenvalue weighted by Gasteiger charge is -2.58. The Morgan fingerprint density at radius 2 is 1.91 bits per heavy atom. The standard InChI is InChI=1S/C19H30O3/c1-18-8-7-16-14(15(18)4-5-17(18)22)3-2-12-10-13(21)6-9-19(12,16)11-20/h2,13-17,20-22H,3-11H2,1H3/t13-,14-,15-,16-,17+,18-,19+/m0/s1. The highest BCUT2D eigenvalue weighted by atomic mass is 16.3. The molecule has 0 saturated heterocycles. The summed E-state index contributed by atoms with van der Waals surface area (Å²) >= 11 is 0. The van der Waals surface area contributed by atoms with Crippen LogP contribution in [0.15, 0.2) is 11.6 Å². The quantitative estimate of drug-likeness (QED) is 0.653. The summed E-state index contributed by atoms with van der Waals surface area (Å²) in [6.45, 7) is 2.53. The number of hydrogen-bond donors (Lipinski definition) is 3. The fourth-order valence-corrected chi connectivity index (χ4v) is 6.70. The van der Waals surface area contributed by atoms with Crippen molar-refractivity contribution in [3.05, 3.63) is 11.6 Å². The minimum atomic E-state index is -0.218. The predicted molar refractivity (Wildman–Crippen MR) is 85.1 cm³/mol. The molecule has 3 N–H and O–H groups in total. The van der Waals surface area contributed by atoms with Gasteiger partial charge in [0.2, 0.25) is 0 Å². The van der Waals surface area contributed by atoms with Crippen LogP contribution < -0.4 is 0 Å². The third-order valence-electron chi connectivity index (χ3n) is 8.03. The maximum Gasteiger partial charge on any atom is 0.0596 e. The van der Waals surface area contributed by atoms with Gasteiger partial charge in [-0.15, -0.1) is 0 Å². The second-order valence-electron chi connectivity index (χ2n) is 8.69. The van der Waals surface area contributed by atoms with Crippen molar-refractivity contribution in [2.45, 2.75) is 70.5 Å². The molecule has 0 unspecified atom stereocenters. The van der Waals surface area contributed by atoms with Gasteiger partial charge in [-0.25, -0.2) is 0 Å². The molecule has 4 rings (SSSR count). The minimum Gasteiger partial charge on any atom is -0.395 e. The van der Waals surface area contributed by atoms with Crippen LogP contribution >= 0.6 is 0 Å². The highest BCUT2D eigenvalue weighted by Gasteiger charge is 2.59. The van der Waals surface area contributed by atoms with Gasteiger partial charge in [0.1, 0.15) is 0 Å². The minimum absolute atomic E-state index is 0.0724. The zero-order chi connectivity index (χ0) is 15.5. The average molecular weight is 306 g/mol. The zero-order valence-corrected chi connectivity index (χ0v) is 13.7. The molecule has 0 aromatic heterocycles. The van der Waals surface area contributed by atoms with Gasteiger partial charge in [0, 0.05) is 5.41 Å². The number of aliphatic hydroxyl groups excluding tert-OH is 3. The van der Waals surface area contributed by atoms with E-state index in [-0.39, 0.29) is 29.6 Å². The zero-order valence-electron chi connectivity index (χ0n) is 13.7. The molecular weight excluding hydrogens is 276 g/mol. The SMILES string of the molecule is C[C@]12CC[C@H]3[C@@H](CC=C4C[C@@H](O)CC[C@@]43CO)[C@@H]1CC[C@H]2O. The van der Waals surface area contributed by atoms with Crippen LogP contribution in [0.1, 0.15) is 58.3 Å². The number of fused-ring (bicyclic) bond motifs is 5. The van der Waals surface area contributed by atoms with Crippen LogP contribution in [0.5, 0.6) is 0 Å². The van der Waals surface area contributed by atoms with Crippen molar-refractivity contribution in [1.82, 2.24) is 0 Å². The van der Waals surface area contributed by atoms with E-state index in [1.807, 2.05) is 0 Å². The van der Waals surface area contributed by atoms with Gasteiger partial charge < -0.3 is 15.3 Å². The molecule has 0 heterocycles. The van der Waals surface area contributed by atoms with E-state index in [2.05, 4.69) is 13.0 Å². The summed E-state index contributed by atoms with van der Waals surface area (Å²) in [6, 6.07) is 0. The van der Waals surface area contributed by atoms with Crippen molar-refractivity contribution >= 4 is 0 Å². The van der Waals surface area contributed by atoms with Gasteiger partial charge in [0.25, 0.3) is 0 Å². The molecule has 0 amide bonds. The molecule has 7 atom stereocenters. The largest absolute Gasteiger partial charge is 0.395 e. The maximum absolute atomic E-state index is 10.5. The molecule has 3 fully saturated rings.